The summed E-state index contributed by atoms with van der Waals surface area (Å²) in [5.41, 5.74) is 2.26. The first-order chi connectivity index (χ1) is 9.06. The number of hydrogen-bond donors (Lipinski definition) is 1. The molecule has 1 aromatic carbocycles. The minimum absolute atomic E-state index is 0.0154. The van der Waals surface area contributed by atoms with Gasteiger partial charge in [-0.2, -0.15) is 0 Å². The van der Waals surface area contributed by atoms with E-state index in [1.165, 1.54) is 18.3 Å². The van der Waals surface area contributed by atoms with Crippen molar-refractivity contribution in [3.05, 3.63) is 65.0 Å². The number of halogens is 2. The van der Waals surface area contributed by atoms with Crippen LogP contribution in [0.1, 0.15) is 29.7 Å². The summed E-state index contributed by atoms with van der Waals surface area (Å²) in [5.74, 6) is -0.563. The summed E-state index contributed by atoms with van der Waals surface area (Å²) in [4.78, 5) is 3.79. The molecule has 4 heteroatoms. The van der Waals surface area contributed by atoms with E-state index in [1.807, 2.05) is 13.0 Å². The molecule has 0 spiro atoms. The van der Waals surface area contributed by atoms with Gasteiger partial charge in [0.1, 0.15) is 11.6 Å². The molecule has 0 fully saturated rings. The molecule has 0 aliphatic carbocycles. The van der Waals surface area contributed by atoms with Crippen LogP contribution in [0.15, 0.2) is 36.7 Å². The number of nitrogens with one attached hydrogen (secondary N) is 1. The third kappa shape index (κ3) is 3.58. The van der Waals surface area contributed by atoms with E-state index in [4.69, 9.17) is 0 Å². The predicted molar refractivity (Wildman–Crippen MR) is 70.6 cm³/mol. The van der Waals surface area contributed by atoms with Gasteiger partial charge in [-0.1, -0.05) is 12.1 Å². The first-order valence-corrected chi connectivity index (χ1v) is 6.15. The van der Waals surface area contributed by atoms with E-state index >= 15 is 0 Å². The Morgan fingerprint density at radius 3 is 2.68 bits per heavy atom. The molecule has 1 unspecified atom stereocenters. The van der Waals surface area contributed by atoms with Gasteiger partial charge in [-0.3, -0.25) is 4.98 Å². The van der Waals surface area contributed by atoms with Crippen LogP contribution >= 0.6 is 0 Å². The molecule has 0 amide bonds. The highest BCUT2D eigenvalue weighted by molar-refractivity contribution is 5.25. The van der Waals surface area contributed by atoms with E-state index in [2.05, 4.69) is 10.3 Å². The summed E-state index contributed by atoms with van der Waals surface area (Å²) >= 11 is 0. The zero-order valence-electron chi connectivity index (χ0n) is 11.0. The SMILES string of the molecule is Cc1ccc(C(C)NCc2cncc(F)c2)cc1F. The van der Waals surface area contributed by atoms with E-state index in [0.717, 1.165) is 11.1 Å². The molecule has 0 radical (unpaired) electrons. The van der Waals surface area contributed by atoms with Crippen molar-refractivity contribution in [3.8, 4) is 0 Å². The Morgan fingerprint density at radius 2 is 2.00 bits per heavy atom. The van der Waals surface area contributed by atoms with Crippen LogP contribution in [0, 0.1) is 18.6 Å². The van der Waals surface area contributed by atoms with E-state index in [1.54, 1.807) is 19.2 Å². The smallest absolute Gasteiger partial charge is 0.141 e. The van der Waals surface area contributed by atoms with Crippen LogP contribution in [0.4, 0.5) is 8.78 Å². The van der Waals surface area contributed by atoms with Gasteiger partial charge < -0.3 is 5.32 Å². The molecule has 0 bridgehead atoms. The molecule has 100 valence electrons. The number of nitrogens with zero attached hydrogens (tertiary/aromatic N) is 1. The highest BCUT2D eigenvalue weighted by Crippen LogP contribution is 2.16. The molecule has 1 atom stereocenters. The fourth-order valence-electron chi connectivity index (χ4n) is 1.82. The fourth-order valence-corrected chi connectivity index (χ4v) is 1.82. The van der Waals surface area contributed by atoms with Crippen LogP contribution in [-0.2, 0) is 6.54 Å². The van der Waals surface area contributed by atoms with Crippen molar-refractivity contribution in [1.29, 1.82) is 0 Å². The van der Waals surface area contributed by atoms with Gasteiger partial charge in [-0.25, -0.2) is 8.78 Å². The molecule has 1 N–H and O–H groups in total. The number of aryl methyl sites for hydroxylation is 1. The minimum Gasteiger partial charge on any atom is -0.306 e. The molecule has 19 heavy (non-hydrogen) atoms. The zero-order chi connectivity index (χ0) is 13.8. The lowest BCUT2D eigenvalue weighted by Gasteiger charge is -2.15. The van der Waals surface area contributed by atoms with Crippen molar-refractivity contribution < 1.29 is 8.78 Å². The number of hydrogen-bond acceptors (Lipinski definition) is 2. The van der Waals surface area contributed by atoms with Crippen molar-refractivity contribution in [3.63, 3.8) is 0 Å². The van der Waals surface area contributed by atoms with Gasteiger partial charge in [0.25, 0.3) is 0 Å². The maximum absolute atomic E-state index is 13.5. The van der Waals surface area contributed by atoms with Crippen LogP contribution in [0.25, 0.3) is 0 Å². The van der Waals surface area contributed by atoms with Crippen molar-refractivity contribution >= 4 is 0 Å². The van der Waals surface area contributed by atoms with Crippen LogP contribution in [0.2, 0.25) is 0 Å². The van der Waals surface area contributed by atoms with Gasteiger partial charge in [0.15, 0.2) is 0 Å². The Kier molecular flexibility index (Phi) is 4.22. The third-order valence-corrected chi connectivity index (χ3v) is 3.07. The quantitative estimate of drug-likeness (QED) is 0.912. The summed E-state index contributed by atoms with van der Waals surface area (Å²) < 4.78 is 26.4. The van der Waals surface area contributed by atoms with Crippen LogP contribution < -0.4 is 5.32 Å². The molecule has 0 saturated carbocycles. The van der Waals surface area contributed by atoms with E-state index in [0.29, 0.717) is 12.1 Å². The second kappa shape index (κ2) is 5.89. The van der Waals surface area contributed by atoms with Crippen LogP contribution in [0.3, 0.4) is 0 Å². The van der Waals surface area contributed by atoms with Crippen LogP contribution in [0.5, 0.6) is 0 Å². The summed E-state index contributed by atoms with van der Waals surface area (Å²) in [6, 6.07) is 6.59. The van der Waals surface area contributed by atoms with Crippen molar-refractivity contribution in [2.75, 3.05) is 0 Å². The number of rotatable bonds is 4. The maximum atomic E-state index is 13.5. The predicted octanol–water partition coefficient (Wildman–Crippen LogP) is 3.52. The molecule has 0 aliphatic rings. The molecular weight excluding hydrogens is 246 g/mol. The van der Waals surface area contributed by atoms with Crippen molar-refractivity contribution in [1.82, 2.24) is 10.3 Å². The number of benzene rings is 1. The van der Waals surface area contributed by atoms with E-state index in [-0.39, 0.29) is 17.7 Å². The first-order valence-electron chi connectivity index (χ1n) is 6.15. The number of pyridine rings is 1. The molecule has 0 saturated heterocycles. The van der Waals surface area contributed by atoms with E-state index in [9.17, 15) is 8.78 Å². The minimum atomic E-state index is -0.353. The van der Waals surface area contributed by atoms with Gasteiger partial charge in [-0.15, -0.1) is 0 Å². The molecule has 0 aliphatic heterocycles. The average Bonchev–Trinajstić information content (AvgIpc) is 2.39. The second-order valence-corrected chi connectivity index (χ2v) is 4.62. The van der Waals surface area contributed by atoms with Gasteiger partial charge >= 0.3 is 0 Å². The molecule has 1 aromatic heterocycles. The number of aromatic nitrogens is 1. The standard InChI is InChI=1S/C15H16F2N2/c1-10-3-4-13(6-15(10)17)11(2)19-8-12-5-14(16)9-18-7-12/h3-7,9,11,19H,8H2,1-2H3. The van der Waals surface area contributed by atoms with Gasteiger partial charge in [0.05, 0.1) is 6.20 Å². The topological polar surface area (TPSA) is 24.9 Å². The third-order valence-electron chi connectivity index (χ3n) is 3.07. The Morgan fingerprint density at radius 1 is 1.21 bits per heavy atom. The lowest BCUT2D eigenvalue weighted by atomic mass is 10.1. The highest BCUT2D eigenvalue weighted by atomic mass is 19.1. The van der Waals surface area contributed by atoms with Crippen molar-refractivity contribution in [2.24, 2.45) is 0 Å². The average molecular weight is 262 g/mol. The molecule has 1 heterocycles. The Hall–Kier alpha value is -1.81. The fraction of sp³-hybridized carbons (Fsp3) is 0.267. The summed E-state index contributed by atoms with van der Waals surface area (Å²) in [7, 11) is 0. The second-order valence-electron chi connectivity index (χ2n) is 4.62. The molecule has 2 rings (SSSR count). The Balaban J connectivity index is 2.01. The summed E-state index contributed by atoms with van der Waals surface area (Å²) in [6.07, 6.45) is 2.78. The Bertz CT molecular complexity index is 570. The normalized spacial score (nSPS) is 12.4. The van der Waals surface area contributed by atoms with Gasteiger partial charge in [-0.05, 0) is 42.7 Å². The largest absolute Gasteiger partial charge is 0.306 e. The zero-order valence-corrected chi connectivity index (χ0v) is 11.0. The van der Waals surface area contributed by atoms with Crippen molar-refractivity contribution in [2.45, 2.75) is 26.4 Å². The van der Waals surface area contributed by atoms with Gasteiger partial charge in [0, 0.05) is 18.8 Å². The molecular formula is C15H16F2N2. The van der Waals surface area contributed by atoms with Crippen LogP contribution in [-0.4, -0.2) is 4.98 Å². The Labute approximate surface area is 111 Å². The summed E-state index contributed by atoms with van der Waals surface area (Å²) in [6.45, 7) is 4.16. The monoisotopic (exact) mass is 262 g/mol. The van der Waals surface area contributed by atoms with E-state index < -0.39 is 0 Å². The lowest BCUT2D eigenvalue weighted by Crippen LogP contribution is -2.18. The maximum Gasteiger partial charge on any atom is 0.141 e. The first kappa shape index (κ1) is 13.6. The lowest BCUT2D eigenvalue weighted by molar-refractivity contribution is 0.558. The molecule has 2 nitrogen and oxygen atoms in total. The summed E-state index contributed by atoms with van der Waals surface area (Å²) in [5, 5.41) is 3.22. The molecule has 2 aromatic rings. The van der Waals surface area contributed by atoms with Gasteiger partial charge in [0.2, 0.25) is 0 Å². The highest BCUT2D eigenvalue weighted by Gasteiger charge is 2.07.